The Morgan fingerprint density at radius 3 is 1.10 bits per heavy atom. The number of fused-ring (bicyclic) bond motifs is 23. The largest absolute Gasteiger partial charge is 1.00 e. The first-order valence-corrected chi connectivity index (χ1v) is 52.5. The van der Waals surface area contributed by atoms with Crippen LogP contribution in [-0.4, -0.2) is 160 Å². The molecule has 22 rings (SSSR count). The van der Waals surface area contributed by atoms with Crippen LogP contribution in [0.2, 0.25) is 0 Å². The molecule has 9 fully saturated rings. The van der Waals surface area contributed by atoms with Crippen molar-refractivity contribution < 1.29 is 102 Å². The fourth-order valence-electron chi connectivity index (χ4n) is 31.7. The van der Waals surface area contributed by atoms with Gasteiger partial charge in [-0.1, -0.05) is 144 Å². The van der Waals surface area contributed by atoms with E-state index in [1.807, 2.05) is 49.9 Å². The zero-order valence-electron chi connectivity index (χ0n) is 84.4. The van der Waals surface area contributed by atoms with Crippen molar-refractivity contribution in [3.63, 3.8) is 0 Å². The van der Waals surface area contributed by atoms with Gasteiger partial charge in [0.2, 0.25) is 0 Å². The minimum atomic E-state index is -5.63. The van der Waals surface area contributed by atoms with E-state index in [-0.39, 0.29) is 73.9 Å². The number of alkyl halides is 3. The van der Waals surface area contributed by atoms with Gasteiger partial charge in [-0.05, 0) is 433 Å². The summed E-state index contributed by atoms with van der Waals surface area (Å²) in [7, 11) is 12.8. The molecular formula is C114H150BF3KN8O8S. The Kier molecular flexibility index (Phi) is 30.3. The number of carboxylic acid groups (broad SMARTS) is 1. The molecule has 9 saturated carbocycles. The van der Waals surface area contributed by atoms with Crippen molar-refractivity contribution in [1.29, 1.82) is 0 Å². The summed E-state index contributed by atoms with van der Waals surface area (Å²) in [5.41, 5.74) is 8.99. The van der Waals surface area contributed by atoms with Crippen LogP contribution in [0.15, 0.2) is 186 Å². The summed E-state index contributed by atoms with van der Waals surface area (Å²) in [5, 5.41) is 24.7. The Hall–Kier alpha value is -6.28. The first-order valence-electron chi connectivity index (χ1n) is 51.0. The molecule has 136 heavy (non-hydrogen) atoms. The maximum Gasteiger partial charge on any atom is 1.00 e. The van der Waals surface area contributed by atoms with Gasteiger partial charge in [-0.15, -0.1) is 0 Å². The van der Waals surface area contributed by atoms with Crippen LogP contribution >= 0.6 is 0 Å². The molecule has 4 unspecified atom stereocenters. The second-order valence-corrected chi connectivity index (χ2v) is 48.2. The predicted molar refractivity (Wildman–Crippen MR) is 537 cm³/mol. The second kappa shape index (κ2) is 40.1. The van der Waals surface area contributed by atoms with E-state index in [1.165, 1.54) is 155 Å². The number of aliphatic imine (C=N–C) groups is 1. The molecule has 3 heterocycles. The van der Waals surface area contributed by atoms with Crippen molar-refractivity contribution in [3.8, 4) is 5.75 Å². The molecule has 1 amide bonds. The summed E-state index contributed by atoms with van der Waals surface area (Å²) in [6.07, 6.45) is 61.8. The summed E-state index contributed by atoms with van der Waals surface area (Å²) in [6, 6.07) is 28.5. The van der Waals surface area contributed by atoms with Gasteiger partial charge >= 0.3 is 74.7 Å². The Morgan fingerprint density at radius 2 is 0.750 bits per heavy atom. The molecule has 6 aromatic rings. The summed E-state index contributed by atoms with van der Waals surface area (Å²) in [6.45, 7) is 22.2. The first kappa shape index (κ1) is 103. The molecule has 24 atom stereocenters. The fraction of sp³-hybridized carbons (Fsp3) is 0.614. The van der Waals surface area contributed by atoms with Gasteiger partial charge in [0.05, 0.1) is 0 Å². The molecule has 22 heteroatoms. The summed E-state index contributed by atoms with van der Waals surface area (Å²) in [4.78, 5) is 46.3. The Morgan fingerprint density at radius 1 is 0.434 bits per heavy atom. The fourth-order valence-corrected chi connectivity index (χ4v) is 32.2. The van der Waals surface area contributed by atoms with Crippen LogP contribution in [0, 0.1) is 114 Å². The van der Waals surface area contributed by atoms with E-state index in [1.54, 1.807) is 58.0 Å². The average molecular weight is 1900 g/mol. The second-order valence-electron chi connectivity index (χ2n) is 46.7. The minimum absolute atomic E-state index is 0. The summed E-state index contributed by atoms with van der Waals surface area (Å²) in [5.74, 6) is 9.40. The molecule has 1 radical (unpaired) electrons. The number of aromatic nitrogens is 3. The molecule has 0 saturated heterocycles. The molecule has 0 bridgehead atoms. The van der Waals surface area contributed by atoms with Gasteiger partial charge in [-0.2, -0.15) is 21.6 Å². The monoisotopic (exact) mass is 1900 g/mol. The SMILES string of the molecule is C=NC(=O)[O-].CN(C)[C@H]1CC[C@@]2(C)C(=CC[C@@H]3C2CC[C@]2(C)C(=O)CC[C@@H]32)C1.CN(C)[C@H]1CC[C@@]2(C)C(=CC[C@@H]3C2CC[C@]2(C)C(OS(=O)(=O)C(F)(F)F)=CC[C@@H]32)C1.CN(C)[C@H]1CC[C@@]2(C)C(=CC[C@@H]3C2CC[C@]2(C)C(c4ccc5ccncc5c4)=CC[C@@H]32)C1.CN(C)[C@H]1CC[C@@]2(C)C(=CC[C@@H]3C2CC[C@]2(C)C(c4ccc5ccncc5c4)=CC[C@@H]32)C1.O[B]Oc1ccc2ccncc2c1.[K+]. The van der Waals surface area contributed by atoms with Crippen molar-refractivity contribution in [2.75, 3.05) is 56.4 Å². The molecular weight excluding hydrogens is 1750 g/mol. The number of ketones is 1. The average Bonchev–Trinajstić information content (AvgIpc) is 1.45. The predicted octanol–water partition coefficient (Wildman–Crippen LogP) is 21.1. The van der Waals surface area contributed by atoms with E-state index in [0.29, 0.717) is 82.9 Å². The quantitative estimate of drug-likeness (QED) is 0.0447. The molecule has 0 aliphatic heterocycles. The van der Waals surface area contributed by atoms with Crippen molar-refractivity contribution in [3.05, 3.63) is 192 Å². The van der Waals surface area contributed by atoms with Crippen LogP contribution in [-0.2, 0) is 19.1 Å². The number of amides is 1. The molecule has 3 aromatic heterocycles. The third-order valence-corrected chi connectivity index (χ3v) is 40.9. The molecule has 1 N–H and O–H groups in total. The molecule has 3 aromatic carbocycles. The first-order chi connectivity index (χ1) is 64.1. The van der Waals surface area contributed by atoms with Gasteiger partial charge in [0.15, 0.2) is 6.09 Å². The van der Waals surface area contributed by atoms with Crippen molar-refractivity contribution >= 4 is 79.9 Å². The third-order valence-electron chi connectivity index (χ3n) is 39.9. The number of pyridine rings is 3. The molecule has 16 aliphatic rings. The van der Waals surface area contributed by atoms with Gasteiger partial charge in [0, 0.05) is 94.8 Å². The number of rotatable bonds is 10. The molecule has 725 valence electrons. The number of hydrogen-bond acceptors (Lipinski definition) is 15. The van der Waals surface area contributed by atoms with Crippen molar-refractivity contribution in [2.45, 2.75) is 271 Å². The van der Waals surface area contributed by atoms with E-state index < -0.39 is 27.1 Å². The van der Waals surface area contributed by atoms with Crippen LogP contribution in [0.1, 0.15) is 253 Å². The Bertz CT molecular complexity index is 5630. The zero-order chi connectivity index (χ0) is 96.1. The van der Waals surface area contributed by atoms with Crippen molar-refractivity contribution in [1.82, 2.24) is 34.6 Å². The number of carbonyl (C=O) groups is 2. The number of carbonyl (C=O) groups excluding carboxylic acids is 2. The Balaban J connectivity index is 0.000000124. The summed E-state index contributed by atoms with van der Waals surface area (Å²) < 4.78 is 71.4. The van der Waals surface area contributed by atoms with Gasteiger partial charge < -0.3 is 43.4 Å². The number of nitrogens with zero attached hydrogens (tertiary/aromatic N) is 8. The smallest absolute Gasteiger partial charge is 0.537 e. The van der Waals surface area contributed by atoms with Crippen LogP contribution in [0.5, 0.6) is 5.75 Å². The van der Waals surface area contributed by atoms with Crippen LogP contribution in [0.4, 0.5) is 18.0 Å². The molecule has 0 spiro atoms. The zero-order valence-corrected chi connectivity index (χ0v) is 88.3. The van der Waals surface area contributed by atoms with E-state index in [0.717, 1.165) is 128 Å². The number of Topliss-reactive ketones (excluding diaryl/α,β-unsaturated/α-hetero) is 1. The normalized spacial score (nSPS) is 36.9. The van der Waals surface area contributed by atoms with Gasteiger partial charge in [-0.3, -0.25) is 19.7 Å². The van der Waals surface area contributed by atoms with Crippen LogP contribution < -0.4 is 61.1 Å². The van der Waals surface area contributed by atoms with E-state index >= 15 is 0 Å². The number of halogens is 3. The maximum absolute atomic E-state index is 12.9. The standard InChI is InChI=1S/2C30H38N2.C22H32F3NO3S.C21H33NO.C9H7BNO2.C2H3NO2.K/c2*1-29-14-11-24(32(3)4)18-23(29)7-8-25-27-10-9-26(30(27,2)15-12-28(25)29)21-6-5-20-13-16-31-19-22(20)17-21;1-20-11-9-15(26(3)4)13-14(20)5-6-16-17-7-8-19(21(17,2)12-10-18(16)20)29-30(27,28)22(23,24)25;1-20-11-9-15(22(3)4)13-14(20)5-6-16-17-7-8-19(23)21(17,2)12-10-18(16)20;12-10-13-9-2-1-7-3-4-11-6-8(7)5-9;1-3-2(4)5;/h2*5-7,9,13,16-17,19,24-25,27-28H,8,10-12,14-15,18H2,1-4H3;5,8,15-18H,6-7,9-13H2,1-4H3;5,15-18H,6-13H2,1-4H3;1-6,12H;1H2,(H,4,5);/q;;;;;;+1/p-1/t2*24-,25-,27-,28?,29-,30+;2*15-,16-,17-,18?,20-,21-;;;/m0000.../s1. The summed E-state index contributed by atoms with van der Waals surface area (Å²) >= 11 is 0. The van der Waals surface area contributed by atoms with E-state index in [9.17, 15) is 26.4 Å². The van der Waals surface area contributed by atoms with E-state index in [4.69, 9.17) is 19.6 Å². The topological polar surface area (TPSA) is 194 Å². The number of benzene rings is 3. The van der Waals surface area contributed by atoms with Crippen LogP contribution in [0.3, 0.4) is 0 Å². The maximum atomic E-state index is 12.9. The van der Waals surface area contributed by atoms with Gasteiger partial charge in [0.1, 0.15) is 17.3 Å². The minimum Gasteiger partial charge on any atom is -0.537 e. The van der Waals surface area contributed by atoms with Crippen LogP contribution in [0.25, 0.3) is 43.5 Å². The number of allylic oxidation sites excluding steroid dienone is 10. The van der Waals surface area contributed by atoms with Gasteiger partial charge in [-0.25, -0.2) is 4.99 Å². The van der Waals surface area contributed by atoms with E-state index in [2.05, 4.69) is 240 Å². The Labute approximate surface area is 852 Å². The molecule has 16 aliphatic carbocycles. The number of hydrogen-bond donors (Lipinski definition) is 1. The van der Waals surface area contributed by atoms with Gasteiger partial charge in [0.25, 0.3) is 0 Å². The molecule has 16 nitrogen and oxygen atoms in total. The third kappa shape index (κ3) is 19.0. The van der Waals surface area contributed by atoms with Crippen molar-refractivity contribution in [2.24, 2.45) is 119 Å².